The number of aromatic nitrogens is 1. The van der Waals surface area contributed by atoms with Crippen LogP contribution in [-0.2, 0) is 0 Å². The van der Waals surface area contributed by atoms with Gasteiger partial charge in [0.1, 0.15) is 11.6 Å². The van der Waals surface area contributed by atoms with Crippen LogP contribution in [0.5, 0.6) is 5.75 Å². The van der Waals surface area contributed by atoms with Crippen molar-refractivity contribution in [3.63, 3.8) is 0 Å². The molecular formula is C15H14FN3O2. The van der Waals surface area contributed by atoms with Crippen LogP contribution in [0.2, 0.25) is 0 Å². The van der Waals surface area contributed by atoms with E-state index < -0.39 is 11.7 Å². The second-order valence-electron chi connectivity index (χ2n) is 4.25. The van der Waals surface area contributed by atoms with Gasteiger partial charge in [0.2, 0.25) is 0 Å². The first-order chi connectivity index (χ1) is 10.1. The molecule has 0 bridgehead atoms. The van der Waals surface area contributed by atoms with Crippen molar-refractivity contribution in [3.05, 3.63) is 59.7 Å². The Morgan fingerprint density at radius 3 is 2.71 bits per heavy atom. The van der Waals surface area contributed by atoms with E-state index in [-0.39, 0.29) is 11.3 Å². The summed E-state index contributed by atoms with van der Waals surface area (Å²) >= 11 is 0. The first-order valence-corrected chi connectivity index (χ1v) is 6.37. The zero-order valence-corrected chi connectivity index (χ0v) is 11.4. The van der Waals surface area contributed by atoms with Crippen molar-refractivity contribution in [1.82, 2.24) is 10.4 Å². The van der Waals surface area contributed by atoms with Gasteiger partial charge in [-0.05, 0) is 36.8 Å². The molecule has 0 aliphatic rings. The van der Waals surface area contributed by atoms with Crippen molar-refractivity contribution in [2.24, 2.45) is 5.10 Å². The maximum atomic E-state index is 13.2. The third-order valence-electron chi connectivity index (χ3n) is 2.84. The van der Waals surface area contributed by atoms with E-state index in [1.165, 1.54) is 24.5 Å². The van der Waals surface area contributed by atoms with E-state index in [0.29, 0.717) is 17.7 Å². The minimum absolute atomic E-state index is 0.0878. The van der Waals surface area contributed by atoms with Gasteiger partial charge in [-0.25, -0.2) is 9.82 Å². The van der Waals surface area contributed by atoms with E-state index in [4.69, 9.17) is 0 Å². The fourth-order valence-corrected chi connectivity index (χ4v) is 1.76. The molecule has 1 amide bonds. The molecule has 2 rings (SSSR count). The molecule has 5 nitrogen and oxygen atoms in total. The number of pyridine rings is 1. The van der Waals surface area contributed by atoms with E-state index in [1.54, 1.807) is 19.1 Å². The lowest BCUT2D eigenvalue weighted by Gasteiger charge is -2.07. The molecule has 0 fully saturated rings. The van der Waals surface area contributed by atoms with E-state index in [2.05, 4.69) is 15.5 Å². The summed E-state index contributed by atoms with van der Waals surface area (Å²) < 4.78 is 13.2. The number of carbonyl (C=O) groups is 1. The molecular weight excluding hydrogens is 273 g/mol. The van der Waals surface area contributed by atoms with Gasteiger partial charge in [0, 0.05) is 23.5 Å². The third kappa shape index (κ3) is 3.62. The summed E-state index contributed by atoms with van der Waals surface area (Å²) in [5.74, 6) is -0.973. The van der Waals surface area contributed by atoms with Crippen LogP contribution in [0.4, 0.5) is 4.39 Å². The van der Waals surface area contributed by atoms with Crippen molar-refractivity contribution < 1.29 is 14.3 Å². The van der Waals surface area contributed by atoms with E-state index in [9.17, 15) is 14.3 Å². The molecule has 0 saturated heterocycles. The molecule has 0 radical (unpaired) electrons. The highest BCUT2D eigenvalue weighted by Gasteiger charge is 2.10. The molecule has 6 heteroatoms. The summed E-state index contributed by atoms with van der Waals surface area (Å²) in [6.07, 6.45) is 3.42. The van der Waals surface area contributed by atoms with Gasteiger partial charge in [-0.3, -0.25) is 9.78 Å². The van der Waals surface area contributed by atoms with Crippen LogP contribution < -0.4 is 5.43 Å². The zero-order chi connectivity index (χ0) is 15.2. The standard InChI is InChI=1S/C15H14FN3O2/c1-2-13(12-9-11(16)3-4-14(12)20)18-19-15(21)10-5-7-17-8-6-10/h3-9,20H,2H2,1H3,(H,19,21)/b18-13+. The zero-order valence-electron chi connectivity index (χ0n) is 11.4. The Balaban J connectivity index is 2.21. The highest BCUT2D eigenvalue weighted by atomic mass is 19.1. The maximum absolute atomic E-state index is 13.2. The number of amides is 1. The molecule has 21 heavy (non-hydrogen) atoms. The summed E-state index contributed by atoms with van der Waals surface area (Å²) in [5.41, 5.74) is 3.43. The number of hydrogen-bond donors (Lipinski definition) is 2. The average molecular weight is 287 g/mol. The molecule has 1 heterocycles. The third-order valence-corrected chi connectivity index (χ3v) is 2.84. The Morgan fingerprint density at radius 1 is 1.33 bits per heavy atom. The molecule has 0 spiro atoms. The number of nitrogens with one attached hydrogen (secondary N) is 1. The normalized spacial score (nSPS) is 11.2. The van der Waals surface area contributed by atoms with Crippen molar-refractivity contribution in [2.75, 3.05) is 0 Å². The smallest absolute Gasteiger partial charge is 0.271 e. The van der Waals surface area contributed by atoms with E-state index in [0.717, 1.165) is 6.07 Å². The second-order valence-corrected chi connectivity index (χ2v) is 4.25. The Labute approximate surface area is 121 Å². The lowest BCUT2D eigenvalue weighted by molar-refractivity contribution is 0.0954. The van der Waals surface area contributed by atoms with Gasteiger partial charge in [0.15, 0.2) is 0 Å². The number of rotatable bonds is 4. The monoisotopic (exact) mass is 287 g/mol. The summed E-state index contributed by atoms with van der Waals surface area (Å²) in [6, 6.07) is 6.69. The van der Waals surface area contributed by atoms with Crippen LogP contribution in [0.15, 0.2) is 47.8 Å². The lowest BCUT2D eigenvalue weighted by atomic mass is 10.1. The topological polar surface area (TPSA) is 74.6 Å². The first-order valence-electron chi connectivity index (χ1n) is 6.37. The van der Waals surface area contributed by atoms with Gasteiger partial charge in [-0.2, -0.15) is 5.10 Å². The van der Waals surface area contributed by atoms with Crippen molar-refractivity contribution >= 4 is 11.6 Å². The lowest BCUT2D eigenvalue weighted by Crippen LogP contribution is -2.20. The Hall–Kier alpha value is -2.76. The predicted octanol–water partition coefficient (Wildman–Crippen LogP) is 2.47. The van der Waals surface area contributed by atoms with Crippen molar-refractivity contribution in [1.29, 1.82) is 0 Å². The van der Waals surface area contributed by atoms with Crippen LogP contribution in [0.25, 0.3) is 0 Å². The number of aromatic hydroxyl groups is 1. The number of halogens is 1. The van der Waals surface area contributed by atoms with Crippen LogP contribution >= 0.6 is 0 Å². The SMILES string of the molecule is CC/C(=N\NC(=O)c1ccncc1)c1cc(F)ccc1O. The highest BCUT2D eigenvalue weighted by molar-refractivity contribution is 6.03. The number of phenols is 1. The number of hydrogen-bond acceptors (Lipinski definition) is 4. The molecule has 0 aliphatic heterocycles. The van der Waals surface area contributed by atoms with Gasteiger partial charge < -0.3 is 5.11 Å². The molecule has 0 aliphatic carbocycles. The molecule has 0 unspecified atom stereocenters. The number of benzene rings is 1. The molecule has 1 aromatic carbocycles. The molecule has 0 atom stereocenters. The predicted molar refractivity (Wildman–Crippen MR) is 76.6 cm³/mol. The number of phenolic OH excluding ortho intramolecular Hbond substituents is 1. The van der Waals surface area contributed by atoms with Crippen LogP contribution in [0, 0.1) is 5.82 Å². The largest absolute Gasteiger partial charge is 0.507 e. The van der Waals surface area contributed by atoms with Gasteiger partial charge in [-0.15, -0.1) is 0 Å². The quantitative estimate of drug-likeness (QED) is 0.670. The summed E-state index contributed by atoms with van der Waals surface area (Å²) in [6.45, 7) is 1.79. The minimum atomic E-state index is -0.482. The fourth-order valence-electron chi connectivity index (χ4n) is 1.76. The maximum Gasteiger partial charge on any atom is 0.271 e. The summed E-state index contributed by atoms with van der Waals surface area (Å²) in [4.78, 5) is 15.7. The van der Waals surface area contributed by atoms with E-state index in [1.807, 2.05) is 0 Å². The number of carbonyl (C=O) groups excluding carboxylic acids is 1. The Morgan fingerprint density at radius 2 is 2.05 bits per heavy atom. The number of nitrogens with zero attached hydrogens (tertiary/aromatic N) is 2. The Bertz CT molecular complexity index is 672. The molecule has 0 saturated carbocycles. The van der Waals surface area contributed by atoms with E-state index >= 15 is 0 Å². The summed E-state index contributed by atoms with van der Waals surface area (Å²) in [7, 11) is 0. The molecule has 108 valence electrons. The minimum Gasteiger partial charge on any atom is -0.507 e. The molecule has 1 aromatic heterocycles. The van der Waals surface area contributed by atoms with Crippen molar-refractivity contribution in [2.45, 2.75) is 13.3 Å². The fraction of sp³-hybridized carbons (Fsp3) is 0.133. The number of hydrazone groups is 1. The second kappa shape index (κ2) is 6.60. The van der Waals surface area contributed by atoms with Gasteiger partial charge in [0.05, 0.1) is 5.71 Å². The Kier molecular flexibility index (Phi) is 4.61. The molecule has 2 aromatic rings. The van der Waals surface area contributed by atoms with Crippen LogP contribution in [0.1, 0.15) is 29.3 Å². The first kappa shape index (κ1) is 14.6. The van der Waals surface area contributed by atoms with Gasteiger partial charge in [0.25, 0.3) is 5.91 Å². The van der Waals surface area contributed by atoms with Crippen LogP contribution in [0.3, 0.4) is 0 Å². The van der Waals surface area contributed by atoms with Crippen molar-refractivity contribution in [3.8, 4) is 5.75 Å². The molecule has 2 N–H and O–H groups in total. The summed E-state index contributed by atoms with van der Waals surface area (Å²) in [5, 5.41) is 13.7. The van der Waals surface area contributed by atoms with Gasteiger partial charge in [-0.1, -0.05) is 6.92 Å². The van der Waals surface area contributed by atoms with Gasteiger partial charge >= 0.3 is 0 Å². The average Bonchev–Trinajstić information content (AvgIpc) is 2.51. The van der Waals surface area contributed by atoms with Crippen LogP contribution in [-0.4, -0.2) is 21.7 Å². The highest BCUT2D eigenvalue weighted by Crippen LogP contribution is 2.19.